The number of aldehydes is 1. The van der Waals surface area contributed by atoms with Crippen LogP contribution in [0.25, 0.3) is 35.2 Å². The molecule has 0 saturated carbocycles. The molecule has 0 radical (unpaired) electrons. The second kappa shape index (κ2) is 13.6. The molecular weight excluding hydrogens is 621 g/mol. The molecule has 1 saturated heterocycles. The van der Waals surface area contributed by atoms with Crippen molar-refractivity contribution in [3.05, 3.63) is 90.1 Å². The van der Waals surface area contributed by atoms with E-state index in [1.807, 2.05) is 26.8 Å². The molecule has 0 amide bonds. The molecule has 3 atom stereocenters. The first kappa shape index (κ1) is 35.0. The number of esters is 2. The Hall–Kier alpha value is -4.35. The van der Waals surface area contributed by atoms with Crippen molar-refractivity contribution in [3.8, 4) is 0 Å². The van der Waals surface area contributed by atoms with Crippen LogP contribution in [0.4, 0.5) is 0 Å². The first-order valence-electron chi connectivity index (χ1n) is 15.8. The second-order valence-electron chi connectivity index (χ2n) is 12.0. The Morgan fingerprint density at radius 3 is 2.33 bits per heavy atom. The number of Topliss-reactive ketones (excluding diaryl/α,β-unsaturated/α-hetero) is 1. The molecule has 3 aliphatic rings. The fraction of sp³-hybridized carbons (Fsp3) is 0.351. The molecular formula is C37H36MgN4O6-2. The Morgan fingerprint density at radius 2 is 1.69 bits per heavy atom. The van der Waals surface area contributed by atoms with Crippen molar-refractivity contribution in [3.63, 3.8) is 0 Å². The number of methoxy groups -OCH3 is 1. The summed E-state index contributed by atoms with van der Waals surface area (Å²) < 4.78 is 10.4. The van der Waals surface area contributed by atoms with E-state index in [1.165, 1.54) is 7.11 Å². The molecule has 48 heavy (non-hydrogen) atoms. The minimum atomic E-state index is -1.25. The van der Waals surface area contributed by atoms with Gasteiger partial charge in [-0.05, 0) is 51.0 Å². The van der Waals surface area contributed by atoms with Gasteiger partial charge in [0.1, 0.15) is 12.2 Å². The average molecular weight is 657 g/mol. The minimum Gasteiger partial charge on any atom is -0.664 e. The van der Waals surface area contributed by atoms with Gasteiger partial charge < -0.3 is 29.7 Å². The number of carbonyl (C=O) groups is 4. The van der Waals surface area contributed by atoms with Gasteiger partial charge in [0.15, 0.2) is 5.78 Å². The van der Waals surface area contributed by atoms with Crippen molar-refractivity contribution >= 4 is 76.9 Å². The molecule has 2 aliphatic heterocycles. The molecule has 11 heteroatoms. The van der Waals surface area contributed by atoms with Crippen LogP contribution in [0.1, 0.15) is 99.4 Å². The monoisotopic (exact) mass is 656 g/mol. The zero-order chi connectivity index (χ0) is 33.7. The molecule has 0 N–H and O–H groups in total. The van der Waals surface area contributed by atoms with E-state index >= 15 is 0 Å². The first-order valence-corrected chi connectivity index (χ1v) is 15.8. The summed E-state index contributed by atoms with van der Waals surface area (Å²) in [5, 5.41) is 6.14. The molecule has 3 aromatic heterocycles. The zero-order valence-electron chi connectivity index (χ0n) is 28.1. The Kier molecular flexibility index (Phi) is 9.93. The van der Waals surface area contributed by atoms with Gasteiger partial charge >= 0.3 is 35.0 Å². The largest absolute Gasteiger partial charge is 2.00 e. The third-order valence-corrected chi connectivity index (χ3v) is 9.59. The van der Waals surface area contributed by atoms with Crippen LogP contribution in [0.5, 0.6) is 0 Å². The van der Waals surface area contributed by atoms with E-state index in [0.29, 0.717) is 80.0 Å². The number of allylic oxidation sites excluding steroid dienone is 2. The van der Waals surface area contributed by atoms with Crippen molar-refractivity contribution in [2.24, 2.45) is 17.8 Å². The van der Waals surface area contributed by atoms with Gasteiger partial charge in [0.05, 0.1) is 13.7 Å². The standard InChI is InChI=1S/C37H37N4O6.Mg/c1-8-20-17(4)24-13-25-18(5)22(11-12-30(43)47-10-3)34(40-25)32-33(37(45)46-7)36(44)31-19(6)26(41-35(31)32)14-28-21(9-2)23(16-42)29(39-28)15-27(20)38-24;/h8,13-16,18,22,33H,1,9-12H2,2-7H3,(H-,40,41,42,44);/q-3;+2/p-1/b25-13-,29-15-;/t18-,22-,33+;/m0./s1. The molecule has 0 spiro atoms. The summed E-state index contributed by atoms with van der Waals surface area (Å²) >= 11 is 0. The summed E-state index contributed by atoms with van der Waals surface area (Å²) in [6.45, 7) is 13.7. The molecule has 244 valence electrons. The van der Waals surface area contributed by atoms with Crippen LogP contribution in [0.3, 0.4) is 0 Å². The number of ether oxygens (including phenoxy) is 2. The third-order valence-electron chi connectivity index (χ3n) is 9.59. The van der Waals surface area contributed by atoms with E-state index in [-0.39, 0.29) is 53.9 Å². The van der Waals surface area contributed by atoms with Gasteiger partial charge in [0.2, 0.25) is 0 Å². The molecule has 8 bridgehead atoms. The second-order valence-corrected chi connectivity index (χ2v) is 12.0. The molecule has 0 aromatic carbocycles. The maximum absolute atomic E-state index is 14.1. The summed E-state index contributed by atoms with van der Waals surface area (Å²) in [6, 6.07) is 0. The Balaban J connectivity index is 0.00000451. The van der Waals surface area contributed by atoms with Gasteiger partial charge in [0, 0.05) is 17.5 Å². The summed E-state index contributed by atoms with van der Waals surface area (Å²) in [5.41, 5.74) is 7.61. The average Bonchev–Trinajstić information content (AvgIpc) is 3.80. The normalized spacial score (nSPS) is 23.1. The molecule has 0 unspecified atom stereocenters. The van der Waals surface area contributed by atoms with Crippen LogP contribution < -0.4 is 25.7 Å². The smallest absolute Gasteiger partial charge is 0.664 e. The van der Waals surface area contributed by atoms with Gasteiger partial charge in [-0.2, -0.15) is 11.4 Å². The third kappa shape index (κ3) is 5.52. The van der Waals surface area contributed by atoms with Gasteiger partial charge in [0.25, 0.3) is 0 Å². The number of carbonyl (C=O) groups excluding carboxylic acids is 4. The van der Waals surface area contributed by atoms with Crippen LogP contribution in [0, 0.1) is 31.6 Å². The van der Waals surface area contributed by atoms with Gasteiger partial charge in [-0.25, -0.2) is 0 Å². The van der Waals surface area contributed by atoms with Crippen LogP contribution in [-0.2, 0) is 25.5 Å². The molecule has 1 fully saturated rings. The van der Waals surface area contributed by atoms with Crippen LogP contribution in [-0.4, -0.2) is 60.8 Å². The van der Waals surface area contributed by atoms with E-state index in [1.54, 1.807) is 32.1 Å². The molecule has 6 rings (SSSR count). The maximum atomic E-state index is 14.1. The Morgan fingerprint density at radius 1 is 0.979 bits per heavy atom. The molecule has 3 aromatic rings. The van der Waals surface area contributed by atoms with Crippen molar-refractivity contribution in [2.45, 2.75) is 53.9 Å². The topological polar surface area (TPSA) is 143 Å². The number of aromatic nitrogens is 3. The number of nitrogens with zero attached hydrogens (tertiary/aromatic N) is 4. The summed E-state index contributed by atoms with van der Waals surface area (Å²) in [7, 11) is 1.25. The van der Waals surface area contributed by atoms with Crippen LogP contribution >= 0.6 is 0 Å². The van der Waals surface area contributed by atoms with E-state index in [0.717, 1.165) is 23.0 Å². The van der Waals surface area contributed by atoms with E-state index in [4.69, 9.17) is 29.7 Å². The fourth-order valence-electron chi connectivity index (χ4n) is 7.10. The predicted octanol–water partition coefficient (Wildman–Crippen LogP) is 3.50. The number of hydrogen-bond acceptors (Lipinski definition) is 6. The molecule has 10 nitrogen and oxygen atoms in total. The summed E-state index contributed by atoms with van der Waals surface area (Å²) in [5.74, 6) is -3.22. The van der Waals surface area contributed by atoms with Crippen LogP contribution in [0.2, 0.25) is 0 Å². The Labute approximate surface area is 295 Å². The Bertz CT molecular complexity index is 2060. The number of ketones is 1. The van der Waals surface area contributed by atoms with E-state index in [9.17, 15) is 19.2 Å². The zero-order valence-corrected chi connectivity index (χ0v) is 29.5. The predicted molar refractivity (Wildman–Crippen MR) is 182 cm³/mol. The number of fused-ring (bicyclic) bond motifs is 7. The van der Waals surface area contributed by atoms with Gasteiger partial charge in [-0.15, -0.1) is 33.5 Å². The minimum absolute atomic E-state index is 0. The van der Waals surface area contributed by atoms with Crippen molar-refractivity contribution in [1.82, 2.24) is 15.0 Å². The number of rotatable bonds is 8. The van der Waals surface area contributed by atoms with Crippen molar-refractivity contribution < 1.29 is 28.7 Å². The van der Waals surface area contributed by atoms with E-state index in [2.05, 4.69) is 6.58 Å². The van der Waals surface area contributed by atoms with E-state index < -0.39 is 17.7 Å². The quantitative estimate of drug-likeness (QED) is 0.154. The molecule has 1 aliphatic carbocycles. The number of hydrogen-bond donors (Lipinski definition) is 0. The van der Waals surface area contributed by atoms with Gasteiger partial charge in [-0.3, -0.25) is 19.2 Å². The maximum Gasteiger partial charge on any atom is 2.00 e. The van der Waals surface area contributed by atoms with Crippen LogP contribution in [0.15, 0.2) is 18.0 Å². The molecule has 5 heterocycles. The first-order chi connectivity index (χ1) is 22.6. The summed E-state index contributed by atoms with van der Waals surface area (Å²) in [6.07, 6.45) is 9.08. The van der Waals surface area contributed by atoms with Crippen molar-refractivity contribution in [1.29, 1.82) is 0 Å². The summed E-state index contributed by atoms with van der Waals surface area (Å²) in [4.78, 5) is 67.0. The SMILES string of the molecule is C=Cc1c2[n-]c(c1C)/C=C1\[N-]/C(=C3\c4[n-]c(c(C)c4C(=O)[C@@H]3C(=O)OC)/C=c3\[n-]/c(c(C=O)c3CC)=C\2)[C@@H](CCC(=O)OCC)[C@@H]1C.[Mg+2]. The fourth-order valence-corrected chi connectivity index (χ4v) is 7.10. The van der Waals surface area contributed by atoms with Crippen molar-refractivity contribution in [2.75, 3.05) is 13.7 Å². The van der Waals surface area contributed by atoms with Gasteiger partial charge in [-0.1, -0.05) is 67.0 Å².